The number of amides is 1. The minimum Gasteiger partial charge on any atom is -0.357 e. The number of hydrogen-bond acceptors (Lipinski definition) is 3. The largest absolute Gasteiger partial charge is 0.357 e. The Hall–Kier alpha value is -2.34. The zero-order valence-corrected chi connectivity index (χ0v) is 17.3. The molecule has 1 aromatic carbocycles. The van der Waals surface area contributed by atoms with Crippen molar-refractivity contribution in [3.8, 4) is 0 Å². The molecule has 0 radical (unpaired) electrons. The van der Waals surface area contributed by atoms with Crippen LogP contribution >= 0.6 is 11.3 Å². The Morgan fingerprint density at radius 1 is 1.15 bits per heavy atom. The lowest BCUT2D eigenvalue weighted by atomic mass is 10.1. The number of rotatable bonds is 9. The van der Waals surface area contributed by atoms with Gasteiger partial charge in [-0.3, -0.25) is 4.79 Å². The average Bonchev–Trinajstić information content (AvgIpc) is 3.23. The molecule has 0 bridgehead atoms. The number of carbonyl (C=O) groups is 1. The van der Waals surface area contributed by atoms with Crippen molar-refractivity contribution in [1.82, 2.24) is 15.5 Å². The van der Waals surface area contributed by atoms with E-state index in [1.807, 2.05) is 49.1 Å². The highest BCUT2D eigenvalue weighted by molar-refractivity contribution is 7.10. The van der Waals surface area contributed by atoms with Gasteiger partial charge >= 0.3 is 0 Å². The van der Waals surface area contributed by atoms with E-state index in [2.05, 4.69) is 40.1 Å². The fourth-order valence-electron chi connectivity index (χ4n) is 2.69. The Morgan fingerprint density at radius 2 is 1.93 bits per heavy atom. The number of nitrogens with one attached hydrogen (secondary N) is 2. The van der Waals surface area contributed by atoms with Gasteiger partial charge in [0, 0.05) is 37.0 Å². The van der Waals surface area contributed by atoms with Crippen LogP contribution in [0.1, 0.15) is 37.1 Å². The molecule has 2 N–H and O–H groups in total. The molecule has 0 aliphatic carbocycles. The molecule has 0 aliphatic rings. The van der Waals surface area contributed by atoms with Gasteiger partial charge in [-0.05, 0) is 30.9 Å². The van der Waals surface area contributed by atoms with Crippen LogP contribution in [-0.4, -0.2) is 42.9 Å². The number of thiophene rings is 1. The summed E-state index contributed by atoms with van der Waals surface area (Å²) in [4.78, 5) is 20.2. The summed E-state index contributed by atoms with van der Waals surface area (Å²) in [5, 5.41) is 8.66. The molecule has 0 aliphatic heterocycles. The maximum absolute atomic E-state index is 12.6. The molecule has 2 aromatic rings. The Morgan fingerprint density at radius 3 is 2.56 bits per heavy atom. The second-order valence-corrected chi connectivity index (χ2v) is 7.37. The van der Waals surface area contributed by atoms with E-state index in [0.29, 0.717) is 25.0 Å². The number of nitrogens with zero attached hydrogens (tertiary/aromatic N) is 2. The predicted molar refractivity (Wildman–Crippen MR) is 114 cm³/mol. The van der Waals surface area contributed by atoms with Crippen molar-refractivity contribution in [2.45, 2.75) is 33.2 Å². The van der Waals surface area contributed by atoms with Gasteiger partial charge < -0.3 is 15.5 Å². The molecule has 0 fully saturated rings. The number of aliphatic imine (C=N–C) groups is 1. The van der Waals surface area contributed by atoms with Crippen molar-refractivity contribution in [2.24, 2.45) is 4.99 Å². The molecule has 1 aromatic heterocycles. The Balaban J connectivity index is 1.90. The molecule has 1 heterocycles. The highest BCUT2D eigenvalue weighted by atomic mass is 32.1. The summed E-state index contributed by atoms with van der Waals surface area (Å²) in [7, 11) is 0. The Bertz CT molecular complexity index is 700. The van der Waals surface area contributed by atoms with E-state index < -0.39 is 0 Å². The van der Waals surface area contributed by atoms with Crippen LogP contribution in [0.3, 0.4) is 0 Å². The van der Waals surface area contributed by atoms with Crippen LogP contribution in [0.15, 0.2) is 52.8 Å². The van der Waals surface area contributed by atoms with E-state index in [1.165, 1.54) is 4.88 Å². The van der Waals surface area contributed by atoms with Gasteiger partial charge in [0.05, 0.1) is 0 Å². The van der Waals surface area contributed by atoms with Crippen molar-refractivity contribution in [1.29, 1.82) is 0 Å². The first-order chi connectivity index (χ1) is 13.1. The van der Waals surface area contributed by atoms with Crippen LogP contribution < -0.4 is 10.6 Å². The predicted octanol–water partition coefficient (Wildman–Crippen LogP) is 3.46. The first-order valence-corrected chi connectivity index (χ1v) is 10.4. The Kier molecular flexibility index (Phi) is 8.84. The van der Waals surface area contributed by atoms with Crippen LogP contribution in [0.4, 0.5) is 0 Å². The second kappa shape index (κ2) is 11.4. The molecule has 6 heteroatoms. The molecular weight excluding hydrogens is 356 g/mol. The minimum atomic E-state index is 0.0323. The number of hydrogen-bond donors (Lipinski definition) is 2. The fourth-order valence-corrected chi connectivity index (χ4v) is 3.48. The summed E-state index contributed by atoms with van der Waals surface area (Å²) in [6, 6.07) is 14.3. The number of likely N-dealkylation sites (N-methyl/N-ethyl adjacent to an activating group) is 1. The molecule has 1 atom stereocenters. The molecule has 27 heavy (non-hydrogen) atoms. The maximum atomic E-state index is 12.6. The fraction of sp³-hybridized carbons (Fsp3) is 0.429. The van der Waals surface area contributed by atoms with Gasteiger partial charge in [-0.25, -0.2) is 4.99 Å². The monoisotopic (exact) mass is 386 g/mol. The van der Waals surface area contributed by atoms with E-state index in [9.17, 15) is 4.79 Å². The molecule has 2 rings (SSSR count). The molecule has 0 saturated heterocycles. The van der Waals surface area contributed by atoms with Crippen molar-refractivity contribution >= 4 is 23.2 Å². The van der Waals surface area contributed by atoms with Gasteiger partial charge in [0.25, 0.3) is 0 Å². The van der Waals surface area contributed by atoms with Crippen molar-refractivity contribution in [3.63, 3.8) is 0 Å². The second-order valence-electron chi connectivity index (χ2n) is 6.39. The van der Waals surface area contributed by atoms with Crippen LogP contribution in [0.5, 0.6) is 0 Å². The first kappa shape index (κ1) is 21.0. The lowest BCUT2D eigenvalue weighted by molar-refractivity contribution is -0.130. The topological polar surface area (TPSA) is 56.7 Å². The van der Waals surface area contributed by atoms with E-state index in [0.717, 1.165) is 18.7 Å². The zero-order valence-electron chi connectivity index (χ0n) is 16.4. The molecular formula is C21H30N4OS. The maximum Gasteiger partial charge on any atom is 0.244 e. The molecule has 146 valence electrons. The SMILES string of the molecule is CCNC(=NCC(=O)N(CC)Cc1ccccc1)NCC(C)c1cccs1. The molecule has 5 nitrogen and oxygen atoms in total. The molecule has 0 spiro atoms. The summed E-state index contributed by atoms with van der Waals surface area (Å²) in [6.07, 6.45) is 0. The zero-order chi connectivity index (χ0) is 19.5. The van der Waals surface area contributed by atoms with Crippen molar-refractivity contribution in [2.75, 3.05) is 26.2 Å². The lowest BCUT2D eigenvalue weighted by Gasteiger charge is -2.21. The van der Waals surface area contributed by atoms with Gasteiger partial charge in [0.15, 0.2) is 5.96 Å². The van der Waals surface area contributed by atoms with Gasteiger partial charge in [-0.2, -0.15) is 0 Å². The first-order valence-electron chi connectivity index (χ1n) is 9.51. The van der Waals surface area contributed by atoms with Gasteiger partial charge in [0.1, 0.15) is 6.54 Å². The Labute approximate surface area is 166 Å². The average molecular weight is 387 g/mol. The third kappa shape index (κ3) is 7.06. The molecule has 0 saturated carbocycles. The summed E-state index contributed by atoms with van der Waals surface area (Å²) in [6.45, 7) is 9.17. The number of carbonyl (C=O) groups excluding carboxylic acids is 1. The van der Waals surface area contributed by atoms with E-state index in [-0.39, 0.29) is 12.5 Å². The third-order valence-corrected chi connectivity index (χ3v) is 5.38. The quantitative estimate of drug-likeness (QED) is 0.513. The van der Waals surface area contributed by atoms with Gasteiger partial charge in [-0.15, -0.1) is 11.3 Å². The van der Waals surface area contributed by atoms with Crippen molar-refractivity contribution in [3.05, 3.63) is 58.3 Å². The number of benzene rings is 1. The summed E-state index contributed by atoms with van der Waals surface area (Å²) in [5.74, 6) is 1.12. The van der Waals surface area contributed by atoms with E-state index >= 15 is 0 Å². The third-order valence-electron chi connectivity index (χ3n) is 4.27. The highest BCUT2D eigenvalue weighted by Gasteiger charge is 2.12. The van der Waals surface area contributed by atoms with Gasteiger partial charge in [-0.1, -0.05) is 43.3 Å². The van der Waals surface area contributed by atoms with Crippen LogP contribution in [0.2, 0.25) is 0 Å². The standard InChI is InChI=1S/C21H30N4OS/c1-4-22-21(23-14-17(3)19-12-9-13-27-19)24-15-20(26)25(5-2)16-18-10-7-6-8-11-18/h6-13,17H,4-5,14-16H2,1-3H3,(H2,22,23,24). The summed E-state index contributed by atoms with van der Waals surface area (Å²) in [5.41, 5.74) is 1.13. The minimum absolute atomic E-state index is 0.0323. The number of guanidine groups is 1. The lowest BCUT2D eigenvalue weighted by Crippen LogP contribution is -2.40. The van der Waals surface area contributed by atoms with E-state index in [1.54, 1.807) is 11.3 Å². The summed E-state index contributed by atoms with van der Waals surface area (Å²) < 4.78 is 0. The van der Waals surface area contributed by atoms with Crippen LogP contribution in [0, 0.1) is 0 Å². The smallest absolute Gasteiger partial charge is 0.244 e. The highest BCUT2D eigenvalue weighted by Crippen LogP contribution is 2.19. The van der Waals surface area contributed by atoms with Crippen LogP contribution in [-0.2, 0) is 11.3 Å². The molecule has 1 amide bonds. The van der Waals surface area contributed by atoms with Gasteiger partial charge in [0.2, 0.25) is 5.91 Å². The molecule has 1 unspecified atom stereocenters. The summed E-state index contributed by atoms with van der Waals surface area (Å²) >= 11 is 1.76. The normalized spacial score (nSPS) is 12.5. The van der Waals surface area contributed by atoms with Crippen LogP contribution in [0.25, 0.3) is 0 Å². The van der Waals surface area contributed by atoms with E-state index in [4.69, 9.17) is 0 Å². The van der Waals surface area contributed by atoms with Crippen molar-refractivity contribution < 1.29 is 4.79 Å².